The average Bonchev–Trinajstić information content (AvgIpc) is 3.32. The van der Waals surface area contributed by atoms with Gasteiger partial charge in [0.15, 0.2) is 5.82 Å². The van der Waals surface area contributed by atoms with E-state index in [9.17, 15) is 13.2 Å². The lowest BCUT2D eigenvalue weighted by Crippen LogP contribution is -2.35. The summed E-state index contributed by atoms with van der Waals surface area (Å²) in [4.78, 5) is 19.6. The van der Waals surface area contributed by atoms with Gasteiger partial charge in [-0.15, -0.1) is 0 Å². The lowest BCUT2D eigenvalue weighted by molar-refractivity contribution is 0.102. The first-order valence-electron chi connectivity index (χ1n) is 11.9. The Morgan fingerprint density at radius 3 is 2.34 bits per heavy atom. The normalized spacial score (nSPS) is 14.6. The zero-order chi connectivity index (χ0) is 25.0. The van der Waals surface area contributed by atoms with Gasteiger partial charge in [0.2, 0.25) is 10.0 Å². The number of sulfonamides is 1. The molecule has 1 saturated heterocycles. The SMILES string of the molecule is CCN(CC)c1ccc(S(=O)(=O)N2CCCCC2)cc1NC(=O)c1ccc(-c2nc(C)no2)cc1. The second-order valence-electron chi connectivity index (χ2n) is 8.49. The number of amides is 1. The Morgan fingerprint density at radius 1 is 1.06 bits per heavy atom. The van der Waals surface area contributed by atoms with Crippen LogP contribution in [0, 0.1) is 6.92 Å². The Morgan fingerprint density at radius 2 is 1.74 bits per heavy atom. The number of piperidine rings is 1. The van der Waals surface area contributed by atoms with Gasteiger partial charge < -0.3 is 14.7 Å². The first-order chi connectivity index (χ1) is 16.8. The molecule has 9 nitrogen and oxygen atoms in total. The molecule has 0 aliphatic carbocycles. The quantitative estimate of drug-likeness (QED) is 0.494. The summed E-state index contributed by atoms with van der Waals surface area (Å²) in [7, 11) is -3.63. The maximum absolute atomic E-state index is 13.3. The molecule has 1 N–H and O–H groups in total. The highest BCUT2D eigenvalue weighted by Crippen LogP contribution is 2.31. The third kappa shape index (κ3) is 5.38. The van der Waals surface area contributed by atoms with Crippen molar-refractivity contribution in [3.63, 3.8) is 0 Å². The van der Waals surface area contributed by atoms with Crippen LogP contribution >= 0.6 is 0 Å². The van der Waals surface area contributed by atoms with E-state index >= 15 is 0 Å². The summed E-state index contributed by atoms with van der Waals surface area (Å²) < 4.78 is 33.3. The highest BCUT2D eigenvalue weighted by Gasteiger charge is 2.27. The summed E-state index contributed by atoms with van der Waals surface area (Å²) in [6.07, 6.45) is 2.76. The van der Waals surface area contributed by atoms with Crippen molar-refractivity contribution in [2.24, 2.45) is 0 Å². The third-order valence-electron chi connectivity index (χ3n) is 6.19. The minimum absolute atomic E-state index is 0.188. The summed E-state index contributed by atoms with van der Waals surface area (Å²) >= 11 is 0. The molecule has 0 atom stereocenters. The second-order valence-corrected chi connectivity index (χ2v) is 10.4. The average molecular weight is 498 g/mol. The third-order valence-corrected chi connectivity index (χ3v) is 8.09. The van der Waals surface area contributed by atoms with Crippen LogP contribution in [-0.2, 0) is 10.0 Å². The number of nitrogens with one attached hydrogen (secondary N) is 1. The van der Waals surface area contributed by atoms with E-state index in [0.717, 1.165) is 38.0 Å². The van der Waals surface area contributed by atoms with Gasteiger partial charge >= 0.3 is 0 Å². The smallest absolute Gasteiger partial charge is 0.257 e. The van der Waals surface area contributed by atoms with Crippen LogP contribution in [0.4, 0.5) is 11.4 Å². The molecule has 35 heavy (non-hydrogen) atoms. The van der Waals surface area contributed by atoms with E-state index in [2.05, 4.69) is 20.4 Å². The predicted molar refractivity (Wildman–Crippen MR) is 135 cm³/mol. The van der Waals surface area contributed by atoms with Gasteiger partial charge in [-0.1, -0.05) is 11.6 Å². The fourth-order valence-electron chi connectivity index (χ4n) is 4.24. The standard InChI is InChI=1S/C25H31N5O4S/c1-4-29(5-2)23-14-13-21(35(32,33)30-15-7-6-8-16-30)17-22(23)27-24(31)19-9-11-20(12-10-19)25-26-18(3)28-34-25/h9-14,17H,4-8,15-16H2,1-3H3,(H,27,31). The molecule has 1 amide bonds. The van der Waals surface area contributed by atoms with Gasteiger partial charge in [0, 0.05) is 37.3 Å². The molecule has 2 heterocycles. The maximum atomic E-state index is 13.3. The van der Waals surface area contributed by atoms with Crippen molar-refractivity contribution in [1.82, 2.24) is 14.4 Å². The van der Waals surface area contributed by atoms with E-state index in [4.69, 9.17) is 4.52 Å². The first-order valence-corrected chi connectivity index (χ1v) is 13.4. The second kappa shape index (κ2) is 10.6. The number of rotatable bonds is 8. The number of hydrogen-bond acceptors (Lipinski definition) is 7. The van der Waals surface area contributed by atoms with Gasteiger partial charge in [0.05, 0.1) is 16.3 Å². The molecular formula is C25H31N5O4S. The molecule has 1 fully saturated rings. The minimum atomic E-state index is -3.63. The highest BCUT2D eigenvalue weighted by atomic mass is 32.2. The van der Waals surface area contributed by atoms with E-state index in [-0.39, 0.29) is 10.8 Å². The van der Waals surface area contributed by atoms with Gasteiger partial charge in [0.25, 0.3) is 11.8 Å². The number of hydrogen-bond donors (Lipinski definition) is 1. The van der Waals surface area contributed by atoms with E-state index in [1.165, 1.54) is 4.31 Å². The monoisotopic (exact) mass is 497 g/mol. The molecular weight excluding hydrogens is 466 g/mol. The van der Waals surface area contributed by atoms with Crippen LogP contribution in [-0.4, -0.2) is 54.9 Å². The molecule has 1 aliphatic rings. The Hall–Kier alpha value is -3.24. The molecule has 2 aromatic carbocycles. The van der Waals surface area contributed by atoms with Crippen molar-refractivity contribution in [2.45, 2.75) is 44.9 Å². The number of aromatic nitrogens is 2. The number of aryl methyl sites for hydroxylation is 1. The molecule has 4 rings (SSSR count). The van der Waals surface area contributed by atoms with Gasteiger partial charge in [-0.3, -0.25) is 4.79 Å². The molecule has 1 aromatic heterocycles. The number of carbonyl (C=O) groups is 1. The molecule has 0 unspecified atom stereocenters. The van der Waals surface area contributed by atoms with E-state index < -0.39 is 10.0 Å². The van der Waals surface area contributed by atoms with Gasteiger partial charge in [-0.05, 0) is 76.1 Å². The minimum Gasteiger partial charge on any atom is -0.370 e. The van der Waals surface area contributed by atoms with Crippen LogP contribution in [0.2, 0.25) is 0 Å². The first kappa shape index (κ1) is 24.9. The van der Waals surface area contributed by atoms with Crippen molar-refractivity contribution in [3.8, 4) is 11.5 Å². The van der Waals surface area contributed by atoms with Crippen molar-refractivity contribution in [3.05, 3.63) is 53.9 Å². The highest BCUT2D eigenvalue weighted by molar-refractivity contribution is 7.89. The Labute approximate surface area is 206 Å². The molecule has 3 aromatic rings. The number of carbonyl (C=O) groups excluding carboxylic acids is 1. The molecule has 0 spiro atoms. The molecule has 1 aliphatic heterocycles. The summed E-state index contributed by atoms with van der Waals surface area (Å²) in [5.41, 5.74) is 2.38. The predicted octanol–water partition coefficient (Wildman–Crippen LogP) is 4.32. The Balaban J connectivity index is 1.63. The maximum Gasteiger partial charge on any atom is 0.257 e. The van der Waals surface area contributed by atoms with Crippen molar-refractivity contribution in [2.75, 3.05) is 36.4 Å². The van der Waals surface area contributed by atoms with Gasteiger partial charge in [0.1, 0.15) is 0 Å². The van der Waals surface area contributed by atoms with Crippen molar-refractivity contribution < 1.29 is 17.7 Å². The molecule has 186 valence electrons. The lowest BCUT2D eigenvalue weighted by atomic mass is 10.1. The zero-order valence-electron chi connectivity index (χ0n) is 20.3. The summed E-state index contributed by atoms with van der Waals surface area (Å²) in [6, 6.07) is 11.8. The van der Waals surface area contributed by atoms with E-state index in [0.29, 0.717) is 41.6 Å². The van der Waals surface area contributed by atoms with Gasteiger partial charge in [-0.25, -0.2) is 8.42 Å². The number of benzene rings is 2. The zero-order valence-corrected chi connectivity index (χ0v) is 21.1. The summed E-state index contributed by atoms with van der Waals surface area (Å²) in [6.45, 7) is 8.26. The van der Waals surface area contributed by atoms with Crippen molar-refractivity contribution >= 4 is 27.3 Å². The van der Waals surface area contributed by atoms with Crippen LogP contribution in [0.1, 0.15) is 49.3 Å². The van der Waals surface area contributed by atoms with Crippen LogP contribution in [0.3, 0.4) is 0 Å². The molecule has 0 saturated carbocycles. The molecule has 0 radical (unpaired) electrons. The summed E-state index contributed by atoms with van der Waals surface area (Å²) in [5, 5.41) is 6.73. The lowest BCUT2D eigenvalue weighted by Gasteiger charge is -2.28. The van der Waals surface area contributed by atoms with Gasteiger partial charge in [-0.2, -0.15) is 9.29 Å². The van der Waals surface area contributed by atoms with Crippen LogP contribution in [0.5, 0.6) is 0 Å². The number of nitrogens with zero attached hydrogens (tertiary/aromatic N) is 4. The Kier molecular flexibility index (Phi) is 7.51. The number of anilines is 2. The summed E-state index contributed by atoms with van der Waals surface area (Å²) in [5.74, 6) is 0.582. The fourth-order valence-corrected chi connectivity index (χ4v) is 5.79. The van der Waals surface area contributed by atoms with Crippen molar-refractivity contribution in [1.29, 1.82) is 0 Å². The topological polar surface area (TPSA) is 109 Å². The van der Waals surface area contributed by atoms with Crippen LogP contribution < -0.4 is 10.2 Å². The largest absolute Gasteiger partial charge is 0.370 e. The Bertz CT molecular complexity index is 1280. The molecule has 10 heteroatoms. The van der Waals surface area contributed by atoms with Crippen LogP contribution in [0.25, 0.3) is 11.5 Å². The van der Waals surface area contributed by atoms with E-state index in [1.807, 2.05) is 13.8 Å². The van der Waals surface area contributed by atoms with E-state index in [1.54, 1.807) is 49.4 Å². The van der Waals surface area contributed by atoms with Crippen LogP contribution in [0.15, 0.2) is 51.9 Å². The fraction of sp³-hybridized carbons (Fsp3) is 0.400. The molecule has 0 bridgehead atoms.